The minimum Gasteiger partial charge on any atom is -0.426 e. The molecule has 0 aliphatic carbocycles. The summed E-state index contributed by atoms with van der Waals surface area (Å²) in [6, 6.07) is 16.1. The van der Waals surface area contributed by atoms with Gasteiger partial charge in [0, 0.05) is 0 Å². The van der Waals surface area contributed by atoms with Crippen molar-refractivity contribution in [3.05, 3.63) is 65.2 Å². The molecule has 176 valence electrons. The maximum Gasteiger partial charge on any atom is 0.514 e. The highest BCUT2D eigenvalue weighted by molar-refractivity contribution is 5.65. The van der Waals surface area contributed by atoms with Gasteiger partial charge in [-0.2, -0.15) is 0 Å². The Morgan fingerprint density at radius 1 is 0.750 bits per heavy atom. The number of ether oxygens (including phenoxy) is 2. The molecule has 0 bridgehead atoms. The third-order valence-electron chi connectivity index (χ3n) is 5.98. The first kappa shape index (κ1) is 26.0. The summed E-state index contributed by atoms with van der Waals surface area (Å²) in [5.41, 5.74) is 3.49. The Hall–Kier alpha value is -2.29. The van der Waals surface area contributed by atoms with Crippen LogP contribution >= 0.6 is 0 Å². The normalized spacial score (nSPS) is 11.8. The molecule has 0 saturated heterocycles. The number of aryl methyl sites for hydroxylation is 1. The van der Waals surface area contributed by atoms with Crippen LogP contribution in [0, 0.1) is 0 Å². The Labute approximate surface area is 195 Å². The van der Waals surface area contributed by atoms with Crippen LogP contribution in [-0.4, -0.2) is 6.16 Å². The van der Waals surface area contributed by atoms with Crippen molar-refractivity contribution in [2.24, 2.45) is 0 Å². The number of unbranched alkanes of at least 4 members (excludes halogenated alkanes) is 6. The number of hydrogen-bond acceptors (Lipinski definition) is 3. The smallest absolute Gasteiger partial charge is 0.426 e. The number of benzene rings is 2. The molecular formula is C29H42O3. The molecule has 0 N–H and O–H groups in total. The lowest BCUT2D eigenvalue weighted by atomic mass is 9.97. The molecule has 0 fully saturated rings. The summed E-state index contributed by atoms with van der Waals surface area (Å²) in [7, 11) is 0. The van der Waals surface area contributed by atoms with Gasteiger partial charge in [0.1, 0.15) is 11.9 Å². The van der Waals surface area contributed by atoms with Crippen molar-refractivity contribution in [3.63, 3.8) is 0 Å². The van der Waals surface area contributed by atoms with Crippen molar-refractivity contribution in [1.82, 2.24) is 0 Å². The van der Waals surface area contributed by atoms with Gasteiger partial charge in [-0.15, -0.1) is 0 Å². The van der Waals surface area contributed by atoms with E-state index in [2.05, 4.69) is 26.8 Å². The quantitative estimate of drug-likeness (QED) is 0.158. The fourth-order valence-electron chi connectivity index (χ4n) is 4.07. The fourth-order valence-corrected chi connectivity index (χ4v) is 4.07. The van der Waals surface area contributed by atoms with Gasteiger partial charge < -0.3 is 9.47 Å². The lowest BCUT2D eigenvalue weighted by Crippen LogP contribution is -2.16. The van der Waals surface area contributed by atoms with Gasteiger partial charge >= 0.3 is 6.16 Å². The van der Waals surface area contributed by atoms with E-state index in [1.54, 1.807) is 0 Å². The van der Waals surface area contributed by atoms with Crippen LogP contribution in [0.5, 0.6) is 5.75 Å². The van der Waals surface area contributed by atoms with Gasteiger partial charge in [-0.3, -0.25) is 0 Å². The SMILES string of the molecule is CCCCCCCC(OC(=O)Oc1cccc(CCCC)c1CCCC)c1ccccc1. The van der Waals surface area contributed by atoms with Gasteiger partial charge in [0.25, 0.3) is 0 Å². The monoisotopic (exact) mass is 438 g/mol. The van der Waals surface area contributed by atoms with Crippen LogP contribution in [0.1, 0.15) is 108 Å². The van der Waals surface area contributed by atoms with E-state index in [9.17, 15) is 4.79 Å². The van der Waals surface area contributed by atoms with Gasteiger partial charge in [-0.05, 0) is 61.3 Å². The second-order valence-electron chi connectivity index (χ2n) is 8.67. The summed E-state index contributed by atoms with van der Waals surface area (Å²) in [6.07, 6.45) is 12.3. The Balaban J connectivity index is 2.09. The van der Waals surface area contributed by atoms with E-state index in [4.69, 9.17) is 9.47 Å². The van der Waals surface area contributed by atoms with Gasteiger partial charge in [0.15, 0.2) is 0 Å². The summed E-state index contributed by atoms with van der Waals surface area (Å²) in [4.78, 5) is 12.8. The lowest BCUT2D eigenvalue weighted by Gasteiger charge is -2.19. The van der Waals surface area contributed by atoms with Crippen LogP contribution in [0.4, 0.5) is 4.79 Å². The largest absolute Gasteiger partial charge is 0.514 e. The Morgan fingerprint density at radius 3 is 2.16 bits per heavy atom. The third-order valence-corrected chi connectivity index (χ3v) is 5.98. The highest BCUT2D eigenvalue weighted by atomic mass is 16.7. The molecular weight excluding hydrogens is 396 g/mol. The van der Waals surface area contributed by atoms with Crippen molar-refractivity contribution in [1.29, 1.82) is 0 Å². The summed E-state index contributed by atoms with van der Waals surface area (Å²) in [6.45, 7) is 6.61. The maximum atomic E-state index is 12.8. The molecule has 3 nitrogen and oxygen atoms in total. The minimum absolute atomic E-state index is 0.271. The van der Waals surface area contributed by atoms with Crippen molar-refractivity contribution in [3.8, 4) is 5.75 Å². The molecule has 0 saturated carbocycles. The first-order chi connectivity index (χ1) is 15.7. The summed E-state index contributed by atoms with van der Waals surface area (Å²) >= 11 is 0. The van der Waals surface area contributed by atoms with Gasteiger partial charge in [0.2, 0.25) is 0 Å². The van der Waals surface area contributed by atoms with E-state index in [-0.39, 0.29) is 6.10 Å². The van der Waals surface area contributed by atoms with Crippen molar-refractivity contribution in [2.75, 3.05) is 0 Å². The summed E-state index contributed by atoms with van der Waals surface area (Å²) in [5, 5.41) is 0. The first-order valence-corrected chi connectivity index (χ1v) is 12.7. The predicted octanol–water partition coefficient (Wildman–Crippen LogP) is 8.99. The molecule has 32 heavy (non-hydrogen) atoms. The molecule has 2 aromatic carbocycles. The third kappa shape index (κ3) is 9.06. The second kappa shape index (κ2) is 15.5. The zero-order valence-corrected chi connectivity index (χ0v) is 20.4. The first-order valence-electron chi connectivity index (χ1n) is 12.7. The van der Waals surface area contributed by atoms with E-state index >= 15 is 0 Å². The fraction of sp³-hybridized carbons (Fsp3) is 0.552. The summed E-state index contributed by atoms with van der Waals surface area (Å²) in [5.74, 6) is 0.659. The molecule has 2 aromatic rings. The molecule has 0 heterocycles. The number of carbonyl (C=O) groups is 1. The number of hydrogen-bond donors (Lipinski definition) is 0. The van der Waals surface area contributed by atoms with E-state index in [0.717, 1.165) is 68.9 Å². The molecule has 3 heteroatoms. The Bertz CT molecular complexity index is 769. The molecule has 1 atom stereocenters. The molecule has 0 spiro atoms. The Kier molecular flexibility index (Phi) is 12.6. The van der Waals surface area contributed by atoms with Crippen LogP contribution in [0.15, 0.2) is 48.5 Å². The van der Waals surface area contributed by atoms with E-state index in [0.29, 0.717) is 5.75 Å². The van der Waals surface area contributed by atoms with Crippen molar-refractivity contribution in [2.45, 2.75) is 104 Å². The minimum atomic E-state index is -0.599. The van der Waals surface area contributed by atoms with Gasteiger partial charge in [-0.25, -0.2) is 4.79 Å². The second-order valence-corrected chi connectivity index (χ2v) is 8.67. The van der Waals surface area contributed by atoms with E-state index in [1.807, 2.05) is 42.5 Å². The zero-order valence-electron chi connectivity index (χ0n) is 20.4. The topological polar surface area (TPSA) is 35.5 Å². The predicted molar refractivity (Wildman–Crippen MR) is 133 cm³/mol. The molecule has 0 radical (unpaired) electrons. The summed E-state index contributed by atoms with van der Waals surface area (Å²) < 4.78 is 11.7. The molecule has 2 rings (SSSR count). The molecule has 0 aromatic heterocycles. The molecule has 1 unspecified atom stereocenters. The molecule has 0 aliphatic heterocycles. The van der Waals surface area contributed by atoms with Crippen LogP contribution in [-0.2, 0) is 17.6 Å². The van der Waals surface area contributed by atoms with Crippen molar-refractivity contribution >= 4 is 6.16 Å². The number of rotatable bonds is 15. The van der Waals surface area contributed by atoms with Crippen LogP contribution in [0.3, 0.4) is 0 Å². The molecule has 0 amide bonds. The average molecular weight is 439 g/mol. The maximum absolute atomic E-state index is 12.8. The molecule has 0 aliphatic rings. The van der Waals surface area contributed by atoms with E-state index < -0.39 is 6.16 Å². The van der Waals surface area contributed by atoms with Crippen LogP contribution in [0.25, 0.3) is 0 Å². The standard InChI is InChI=1S/C29H42O3/c1-4-7-10-11-15-22-27(25-18-13-12-14-19-25)31-29(30)32-28-23-16-20-24(17-8-5-2)26(28)21-9-6-3/h12-14,16,18-20,23,27H,4-11,15,17,21-22H2,1-3H3. The highest BCUT2D eigenvalue weighted by Crippen LogP contribution is 2.29. The van der Waals surface area contributed by atoms with Crippen LogP contribution in [0.2, 0.25) is 0 Å². The number of carbonyl (C=O) groups excluding carboxylic acids is 1. The van der Waals surface area contributed by atoms with Crippen LogP contribution < -0.4 is 4.74 Å². The lowest BCUT2D eigenvalue weighted by molar-refractivity contribution is 0.0525. The van der Waals surface area contributed by atoms with E-state index in [1.165, 1.54) is 24.8 Å². The Morgan fingerprint density at radius 2 is 1.44 bits per heavy atom. The highest BCUT2D eigenvalue weighted by Gasteiger charge is 2.20. The zero-order chi connectivity index (χ0) is 23.0. The average Bonchev–Trinajstić information content (AvgIpc) is 2.81. The van der Waals surface area contributed by atoms with Crippen molar-refractivity contribution < 1.29 is 14.3 Å². The van der Waals surface area contributed by atoms with Gasteiger partial charge in [-0.1, -0.05) is 102 Å². The van der Waals surface area contributed by atoms with Gasteiger partial charge in [0.05, 0.1) is 0 Å².